The highest BCUT2D eigenvalue weighted by molar-refractivity contribution is 6.19. The lowest BCUT2D eigenvalue weighted by molar-refractivity contribution is 0.673. The van der Waals surface area contributed by atoms with Gasteiger partial charge in [-0.25, -0.2) is 15.0 Å². The molecule has 0 saturated carbocycles. The van der Waals surface area contributed by atoms with Crippen molar-refractivity contribution in [1.29, 1.82) is 0 Å². The van der Waals surface area contributed by atoms with Gasteiger partial charge >= 0.3 is 0 Å². The average molecular weight is 602 g/mol. The Kier molecular flexibility index (Phi) is 6.43. The van der Waals surface area contributed by atoms with Gasteiger partial charge in [-0.2, -0.15) is 0 Å². The highest BCUT2D eigenvalue weighted by Gasteiger charge is 2.17. The van der Waals surface area contributed by atoms with Crippen molar-refractivity contribution in [3.8, 4) is 56.4 Å². The van der Waals surface area contributed by atoms with Crippen LogP contribution in [0.4, 0.5) is 0 Å². The van der Waals surface area contributed by atoms with Gasteiger partial charge in [0.15, 0.2) is 17.5 Å². The van der Waals surface area contributed by atoms with Crippen LogP contribution in [0.3, 0.4) is 0 Å². The molecule has 2 heterocycles. The summed E-state index contributed by atoms with van der Waals surface area (Å²) in [5.41, 5.74) is 9.21. The standard InChI is InChI=1S/C43H27N3O/c1-4-12-28(13-5-1)33-24-25-35-38-27-37(34-18-10-11-19-36(34)40(38)47-39(35)26-33)29-20-22-32(23-21-29)43-45-41(30-14-6-2-7-15-30)44-42(46-43)31-16-8-3-9-17-31/h1-27H. The van der Waals surface area contributed by atoms with Crippen molar-refractivity contribution < 1.29 is 4.42 Å². The molecule has 0 saturated heterocycles. The van der Waals surface area contributed by atoms with Gasteiger partial charge in [0.05, 0.1) is 0 Å². The molecule has 0 aliphatic heterocycles. The van der Waals surface area contributed by atoms with Gasteiger partial charge in [-0.15, -0.1) is 0 Å². The number of nitrogens with zero attached hydrogens (tertiary/aromatic N) is 3. The predicted octanol–water partition coefficient (Wildman–Crippen LogP) is 11.3. The van der Waals surface area contributed by atoms with Crippen LogP contribution in [-0.2, 0) is 0 Å². The fraction of sp³-hybridized carbons (Fsp3) is 0. The molecule has 47 heavy (non-hydrogen) atoms. The quantitative estimate of drug-likeness (QED) is 0.197. The lowest BCUT2D eigenvalue weighted by Crippen LogP contribution is -2.00. The Morgan fingerprint density at radius 3 is 1.38 bits per heavy atom. The molecule has 0 spiro atoms. The molecule has 2 aromatic heterocycles. The maximum atomic E-state index is 6.57. The number of hydrogen-bond acceptors (Lipinski definition) is 4. The number of aromatic nitrogens is 3. The highest BCUT2D eigenvalue weighted by atomic mass is 16.3. The average Bonchev–Trinajstić information content (AvgIpc) is 3.53. The van der Waals surface area contributed by atoms with Crippen molar-refractivity contribution in [3.63, 3.8) is 0 Å². The van der Waals surface area contributed by atoms with E-state index in [-0.39, 0.29) is 0 Å². The Morgan fingerprint density at radius 2 is 0.787 bits per heavy atom. The molecule has 0 aliphatic rings. The number of rotatable bonds is 5. The molecule has 0 bridgehead atoms. The van der Waals surface area contributed by atoms with Gasteiger partial charge in [0.25, 0.3) is 0 Å². The Hall–Kier alpha value is -6.39. The Labute approximate surface area is 271 Å². The number of hydrogen-bond donors (Lipinski definition) is 0. The summed E-state index contributed by atoms with van der Waals surface area (Å²) in [5, 5.41) is 4.46. The third-order valence-corrected chi connectivity index (χ3v) is 8.74. The molecule has 9 rings (SSSR count). The van der Waals surface area contributed by atoms with Crippen LogP contribution in [0.2, 0.25) is 0 Å². The molecule has 0 radical (unpaired) electrons. The molecule has 7 aromatic carbocycles. The third-order valence-electron chi connectivity index (χ3n) is 8.74. The first kappa shape index (κ1) is 27.0. The van der Waals surface area contributed by atoms with Crippen LogP contribution in [0.1, 0.15) is 0 Å². The minimum absolute atomic E-state index is 0.639. The SMILES string of the molecule is c1ccc(-c2ccc3c(c2)oc2c4ccccc4c(-c4ccc(-c5nc(-c6ccccc6)nc(-c6ccccc6)n5)cc4)cc32)cc1. The van der Waals surface area contributed by atoms with Crippen molar-refractivity contribution >= 4 is 32.7 Å². The second-order valence-corrected chi connectivity index (χ2v) is 11.6. The maximum absolute atomic E-state index is 6.57. The van der Waals surface area contributed by atoms with E-state index in [0.29, 0.717) is 17.5 Å². The van der Waals surface area contributed by atoms with Gasteiger partial charge in [-0.1, -0.05) is 146 Å². The monoisotopic (exact) mass is 601 g/mol. The number of fused-ring (bicyclic) bond motifs is 5. The molecule has 4 heteroatoms. The molecule has 0 N–H and O–H groups in total. The maximum Gasteiger partial charge on any atom is 0.164 e. The minimum atomic E-state index is 0.639. The summed E-state index contributed by atoms with van der Waals surface area (Å²) in [6.07, 6.45) is 0. The first-order chi connectivity index (χ1) is 23.3. The molecule has 0 aliphatic carbocycles. The van der Waals surface area contributed by atoms with E-state index in [1.807, 2.05) is 66.7 Å². The van der Waals surface area contributed by atoms with E-state index >= 15 is 0 Å². The van der Waals surface area contributed by atoms with Crippen LogP contribution in [0, 0.1) is 0 Å². The zero-order chi connectivity index (χ0) is 31.2. The van der Waals surface area contributed by atoms with Gasteiger partial charge in [-0.05, 0) is 45.8 Å². The van der Waals surface area contributed by atoms with Crippen LogP contribution in [0.15, 0.2) is 168 Å². The first-order valence-corrected chi connectivity index (χ1v) is 15.7. The van der Waals surface area contributed by atoms with Crippen molar-refractivity contribution in [2.75, 3.05) is 0 Å². The smallest absolute Gasteiger partial charge is 0.164 e. The second-order valence-electron chi connectivity index (χ2n) is 11.6. The summed E-state index contributed by atoms with van der Waals surface area (Å²) in [6.45, 7) is 0. The van der Waals surface area contributed by atoms with E-state index in [9.17, 15) is 0 Å². The topological polar surface area (TPSA) is 51.8 Å². The Bertz CT molecular complexity index is 2480. The highest BCUT2D eigenvalue weighted by Crippen LogP contribution is 2.41. The molecule has 220 valence electrons. The lowest BCUT2D eigenvalue weighted by Gasteiger charge is -2.10. The summed E-state index contributed by atoms with van der Waals surface area (Å²) < 4.78 is 6.57. The first-order valence-electron chi connectivity index (χ1n) is 15.7. The van der Waals surface area contributed by atoms with Gasteiger partial charge in [-0.3, -0.25) is 0 Å². The van der Waals surface area contributed by atoms with Crippen LogP contribution in [-0.4, -0.2) is 15.0 Å². The molecule has 0 atom stereocenters. The fourth-order valence-electron chi connectivity index (χ4n) is 6.38. The second kappa shape index (κ2) is 11.2. The normalized spacial score (nSPS) is 11.4. The van der Waals surface area contributed by atoms with Gasteiger partial charge in [0, 0.05) is 32.8 Å². The van der Waals surface area contributed by atoms with Gasteiger partial charge in [0.2, 0.25) is 0 Å². The summed E-state index contributed by atoms with van der Waals surface area (Å²) in [4.78, 5) is 14.7. The van der Waals surface area contributed by atoms with E-state index in [1.54, 1.807) is 0 Å². The summed E-state index contributed by atoms with van der Waals surface area (Å²) in [7, 11) is 0. The minimum Gasteiger partial charge on any atom is -0.455 e. The van der Waals surface area contributed by atoms with E-state index in [4.69, 9.17) is 19.4 Å². The zero-order valence-electron chi connectivity index (χ0n) is 25.3. The van der Waals surface area contributed by atoms with E-state index < -0.39 is 0 Å². The van der Waals surface area contributed by atoms with Gasteiger partial charge < -0.3 is 4.42 Å². The Morgan fingerprint density at radius 1 is 0.319 bits per heavy atom. The fourth-order valence-corrected chi connectivity index (χ4v) is 6.38. The van der Waals surface area contributed by atoms with E-state index in [2.05, 4.69) is 97.1 Å². The number of benzene rings is 7. The van der Waals surface area contributed by atoms with Crippen LogP contribution in [0.5, 0.6) is 0 Å². The van der Waals surface area contributed by atoms with Crippen molar-refractivity contribution in [2.45, 2.75) is 0 Å². The van der Waals surface area contributed by atoms with E-state index in [0.717, 1.165) is 66.1 Å². The van der Waals surface area contributed by atoms with Crippen LogP contribution < -0.4 is 0 Å². The summed E-state index contributed by atoms with van der Waals surface area (Å²) in [6, 6.07) is 56.3. The molecule has 0 unspecified atom stereocenters. The third kappa shape index (κ3) is 4.84. The molecule has 0 amide bonds. The van der Waals surface area contributed by atoms with Crippen LogP contribution >= 0.6 is 0 Å². The summed E-state index contributed by atoms with van der Waals surface area (Å²) >= 11 is 0. The Balaban J connectivity index is 1.16. The molecular weight excluding hydrogens is 574 g/mol. The molecule has 4 nitrogen and oxygen atoms in total. The molecule has 9 aromatic rings. The van der Waals surface area contributed by atoms with Gasteiger partial charge in [0.1, 0.15) is 11.2 Å². The molecule has 0 fully saturated rings. The van der Waals surface area contributed by atoms with E-state index in [1.165, 1.54) is 5.56 Å². The predicted molar refractivity (Wildman–Crippen MR) is 192 cm³/mol. The zero-order valence-corrected chi connectivity index (χ0v) is 25.3. The number of furan rings is 1. The largest absolute Gasteiger partial charge is 0.455 e. The van der Waals surface area contributed by atoms with Crippen LogP contribution in [0.25, 0.3) is 89.1 Å². The van der Waals surface area contributed by atoms with Crippen molar-refractivity contribution in [1.82, 2.24) is 15.0 Å². The lowest BCUT2D eigenvalue weighted by atomic mass is 9.94. The summed E-state index contributed by atoms with van der Waals surface area (Å²) in [5.74, 6) is 1.94. The molecular formula is C43H27N3O. The van der Waals surface area contributed by atoms with Crippen molar-refractivity contribution in [2.24, 2.45) is 0 Å². The van der Waals surface area contributed by atoms with Crippen molar-refractivity contribution in [3.05, 3.63) is 164 Å².